The van der Waals surface area contributed by atoms with Crippen LogP contribution in [0.2, 0.25) is 0 Å². The van der Waals surface area contributed by atoms with E-state index in [-0.39, 0.29) is 6.04 Å². The lowest BCUT2D eigenvalue weighted by molar-refractivity contribution is 0.882. The van der Waals surface area contributed by atoms with Gasteiger partial charge in [0.05, 0.1) is 6.04 Å². The van der Waals surface area contributed by atoms with Crippen molar-refractivity contribution in [1.82, 2.24) is 0 Å². The van der Waals surface area contributed by atoms with Crippen molar-refractivity contribution < 1.29 is 0 Å². The van der Waals surface area contributed by atoms with Crippen molar-refractivity contribution in [2.45, 2.75) is 13.0 Å². The van der Waals surface area contributed by atoms with Gasteiger partial charge in [-0.2, -0.15) is 0 Å². The van der Waals surface area contributed by atoms with Crippen LogP contribution >= 0.6 is 11.3 Å². The number of thiophene rings is 1. The predicted octanol–water partition coefficient (Wildman–Crippen LogP) is 8.92. The standard InChI is InChI=1S/C32H27NS/c1-3-5-9-22(4-2)23-14-16-24(17-15-23)25-18-20-26(21-19-25)32(33)28-11-8-13-30-31(28)27-10-6-7-12-29(27)34-30/h3-21,32H,1,33H2,2H3/b9-5-,22-4+. The molecule has 5 rings (SSSR count). The van der Waals surface area contributed by atoms with E-state index >= 15 is 0 Å². The van der Waals surface area contributed by atoms with Gasteiger partial charge >= 0.3 is 0 Å². The van der Waals surface area contributed by atoms with Gasteiger partial charge in [-0.3, -0.25) is 0 Å². The van der Waals surface area contributed by atoms with Crippen LogP contribution in [-0.2, 0) is 0 Å². The number of rotatable bonds is 6. The van der Waals surface area contributed by atoms with Crippen LogP contribution < -0.4 is 5.73 Å². The number of hydrogen-bond donors (Lipinski definition) is 1. The summed E-state index contributed by atoms with van der Waals surface area (Å²) in [6, 6.07) is 32.2. The van der Waals surface area contributed by atoms with E-state index in [1.54, 1.807) is 6.08 Å². The lowest BCUT2D eigenvalue weighted by Crippen LogP contribution is -2.12. The van der Waals surface area contributed by atoms with Crippen LogP contribution in [0.3, 0.4) is 0 Å². The molecule has 1 unspecified atom stereocenters. The van der Waals surface area contributed by atoms with Gasteiger partial charge in [0.15, 0.2) is 0 Å². The van der Waals surface area contributed by atoms with Crippen LogP contribution in [-0.4, -0.2) is 0 Å². The first-order valence-electron chi connectivity index (χ1n) is 11.5. The lowest BCUT2D eigenvalue weighted by Gasteiger charge is -2.15. The summed E-state index contributed by atoms with van der Waals surface area (Å²) in [5.41, 5.74) is 13.9. The molecular formula is C32H27NS. The quantitative estimate of drug-likeness (QED) is 0.253. The minimum atomic E-state index is -0.174. The summed E-state index contributed by atoms with van der Waals surface area (Å²) in [4.78, 5) is 0. The summed E-state index contributed by atoms with van der Waals surface area (Å²) in [5.74, 6) is 0. The largest absolute Gasteiger partial charge is 0.320 e. The van der Waals surface area contributed by atoms with E-state index < -0.39 is 0 Å². The Kier molecular flexibility index (Phi) is 6.27. The van der Waals surface area contributed by atoms with Crippen molar-refractivity contribution in [1.29, 1.82) is 0 Å². The highest BCUT2D eigenvalue weighted by Crippen LogP contribution is 2.38. The van der Waals surface area contributed by atoms with Gasteiger partial charge in [-0.25, -0.2) is 0 Å². The Morgan fingerprint density at radius 1 is 0.824 bits per heavy atom. The molecule has 2 heteroatoms. The van der Waals surface area contributed by atoms with Crippen molar-refractivity contribution in [3.63, 3.8) is 0 Å². The molecule has 2 N–H and O–H groups in total. The van der Waals surface area contributed by atoms with E-state index in [1.165, 1.54) is 48.0 Å². The lowest BCUT2D eigenvalue weighted by atomic mass is 9.93. The molecule has 5 aromatic rings. The number of hydrogen-bond acceptors (Lipinski definition) is 2. The van der Waals surface area contributed by atoms with E-state index in [0.717, 1.165) is 5.56 Å². The first kappa shape index (κ1) is 22.1. The van der Waals surface area contributed by atoms with Crippen molar-refractivity contribution >= 4 is 37.1 Å². The third-order valence-corrected chi connectivity index (χ3v) is 7.45. The number of nitrogens with two attached hydrogens (primary N) is 1. The van der Waals surface area contributed by atoms with Gasteiger partial charge in [0.2, 0.25) is 0 Å². The predicted molar refractivity (Wildman–Crippen MR) is 150 cm³/mol. The number of allylic oxidation sites excluding steroid dienone is 5. The summed E-state index contributed by atoms with van der Waals surface area (Å²) >= 11 is 1.83. The Morgan fingerprint density at radius 2 is 1.50 bits per heavy atom. The summed E-state index contributed by atoms with van der Waals surface area (Å²) in [6.45, 7) is 5.81. The second kappa shape index (κ2) is 9.64. The maximum atomic E-state index is 6.81. The Labute approximate surface area is 205 Å². The molecule has 1 heterocycles. The Morgan fingerprint density at radius 3 is 2.21 bits per heavy atom. The summed E-state index contributed by atoms with van der Waals surface area (Å²) < 4.78 is 2.59. The Hall–Kier alpha value is -3.72. The van der Waals surface area contributed by atoms with Gasteiger partial charge < -0.3 is 5.73 Å². The molecule has 34 heavy (non-hydrogen) atoms. The molecule has 0 fully saturated rings. The van der Waals surface area contributed by atoms with E-state index in [2.05, 4.69) is 117 Å². The first-order chi connectivity index (χ1) is 16.7. The second-order valence-corrected chi connectivity index (χ2v) is 9.42. The summed E-state index contributed by atoms with van der Waals surface area (Å²) in [5, 5.41) is 2.56. The minimum absolute atomic E-state index is 0.174. The molecule has 0 amide bonds. The molecular weight excluding hydrogens is 430 g/mol. The Bertz CT molecular complexity index is 1520. The van der Waals surface area contributed by atoms with Crippen LogP contribution in [0.15, 0.2) is 122 Å². The SMILES string of the molecule is C=C/C=C\C(=C/C)c1ccc(-c2ccc(C(N)c3cccc4sc5ccccc5c34)cc2)cc1. The van der Waals surface area contributed by atoms with Crippen LogP contribution in [0.25, 0.3) is 36.9 Å². The topological polar surface area (TPSA) is 26.0 Å². The molecule has 4 aromatic carbocycles. The maximum Gasteiger partial charge on any atom is 0.0558 e. The van der Waals surface area contributed by atoms with Gasteiger partial charge in [-0.1, -0.05) is 110 Å². The second-order valence-electron chi connectivity index (χ2n) is 8.33. The zero-order valence-corrected chi connectivity index (χ0v) is 20.1. The third-order valence-electron chi connectivity index (χ3n) is 6.31. The van der Waals surface area contributed by atoms with Crippen LogP contribution in [0.5, 0.6) is 0 Å². The van der Waals surface area contributed by atoms with Gasteiger partial charge in [0, 0.05) is 20.2 Å². The highest BCUT2D eigenvalue weighted by molar-refractivity contribution is 7.25. The fraction of sp³-hybridized carbons (Fsp3) is 0.0625. The molecule has 0 aliphatic rings. The van der Waals surface area contributed by atoms with Crippen molar-refractivity contribution in [2.24, 2.45) is 5.73 Å². The normalized spacial score (nSPS) is 13.1. The van der Waals surface area contributed by atoms with Crippen LogP contribution in [0, 0.1) is 0 Å². The zero-order valence-electron chi connectivity index (χ0n) is 19.2. The average Bonchev–Trinajstić information content (AvgIpc) is 3.28. The smallest absolute Gasteiger partial charge is 0.0558 e. The molecule has 0 saturated heterocycles. The fourth-order valence-electron chi connectivity index (χ4n) is 4.51. The van der Waals surface area contributed by atoms with Crippen molar-refractivity contribution in [3.8, 4) is 11.1 Å². The van der Waals surface area contributed by atoms with E-state index in [0.29, 0.717) is 0 Å². The number of benzene rings is 4. The fourth-order valence-corrected chi connectivity index (χ4v) is 5.65. The van der Waals surface area contributed by atoms with E-state index in [9.17, 15) is 0 Å². The third kappa shape index (κ3) is 4.14. The van der Waals surface area contributed by atoms with Crippen LogP contribution in [0.1, 0.15) is 29.7 Å². The minimum Gasteiger partial charge on any atom is -0.320 e. The highest BCUT2D eigenvalue weighted by Gasteiger charge is 2.16. The monoisotopic (exact) mass is 457 g/mol. The van der Waals surface area contributed by atoms with E-state index in [1.807, 2.05) is 17.4 Å². The van der Waals surface area contributed by atoms with Gasteiger partial charge in [0.25, 0.3) is 0 Å². The molecule has 0 saturated carbocycles. The molecule has 0 radical (unpaired) electrons. The molecule has 1 atom stereocenters. The molecule has 166 valence electrons. The maximum absolute atomic E-state index is 6.81. The summed E-state index contributed by atoms with van der Waals surface area (Å²) in [7, 11) is 0. The van der Waals surface area contributed by atoms with E-state index in [4.69, 9.17) is 5.73 Å². The molecule has 1 aromatic heterocycles. The highest BCUT2D eigenvalue weighted by atomic mass is 32.1. The molecule has 0 aliphatic heterocycles. The molecule has 1 nitrogen and oxygen atoms in total. The molecule has 0 bridgehead atoms. The number of fused-ring (bicyclic) bond motifs is 3. The van der Waals surface area contributed by atoms with Crippen molar-refractivity contribution in [3.05, 3.63) is 139 Å². The molecule has 0 spiro atoms. The molecule has 0 aliphatic carbocycles. The zero-order chi connectivity index (χ0) is 23.5. The Balaban J connectivity index is 1.44. The van der Waals surface area contributed by atoms with Gasteiger partial charge in [-0.15, -0.1) is 11.3 Å². The van der Waals surface area contributed by atoms with Crippen LogP contribution in [0.4, 0.5) is 0 Å². The average molecular weight is 458 g/mol. The first-order valence-corrected chi connectivity index (χ1v) is 12.3. The summed E-state index contributed by atoms with van der Waals surface area (Å²) in [6.07, 6.45) is 7.95. The van der Waals surface area contributed by atoms with Gasteiger partial charge in [-0.05, 0) is 52.4 Å². The van der Waals surface area contributed by atoms with Gasteiger partial charge in [0.1, 0.15) is 0 Å². The van der Waals surface area contributed by atoms with Crippen molar-refractivity contribution in [2.75, 3.05) is 0 Å².